The molecule has 1 rings (SSSR count). The van der Waals surface area contributed by atoms with Gasteiger partial charge in [0.1, 0.15) is 4.88 Å². The van der Waals surface area contributed by atoms with Crippen LogP contribution in [0.25, 0.3) is 0 Å². The molecule has 0 aromatic carbocycles. The van der Waals surface area contributed by atoms with Gasteiger partial charge in [0.05, 0.1) is 6.61 Å². The van der Waals surface area contributed by atoms with Crippen molar-refractivity contribution in [3.05, 3.63) is 21.9 Å². The van der Waals surface area contributed by atoms with E-state index in [4.69, 9.17) is 16.3 Å². The van der Waals surface area contributed by atoms with Crippen molar-refractivity contribution in [2.45, 2.75) is 12.8 Å². The minimum atomic E-state index is -0.275. The number of esters is 1. The number of halogens is 1. The quantitative estimate of drug-likeness (QED) is 0.559. The van der Waals surface area contributed by atoms with Gasteiger partial charge in [-0.1, -0.05) is 0 Å². The second-order valence-electron chi connectivity index (χ2n) is 2.13. The monoisotopic (exact) mass is 204 g/mol. The molecule has 0 N–H and O–H groups in total. The smallest absolute Gasteiger partial charge is 0.348 e. The minimum Gasteiger partial charge on any atom is -0.462 e. The Bertz CT molecular complexity index is 270. The molecule has 0 spiro atoms. The van der Waals surface area contributed by atoms with E-state index >= 15 is 0 Å². The van der Waals surface area contributed by atoms with Crippen LogP contribution >= 0.6 is 22.9 Å². The Balaban J connectivity index is 2.79. The van der Waals surface area contributed by atoms with Crippen molar-refractivity contribution in [3.8, 4) is 0 Å². The Labute approximate surface area is 80.1 Å². The first kappa shape index (κ1) is 9.55. The maximum atomic E-state index is 11.2. The summed E-state index contributed by atoms with van der Waals surface area (Å²) in [6, 6.07) is 1.84. The van der Waals surface area contributed by atoms with E-state index < -0.39 is 0 Å². The molecule has 0 aliphatic carbocycles. The highest BCUT2D eigenvalue weighted by atomic mass is 35.5. The number of alkyl halides is 1. The molecule has 0 radical (unpaired) electrons. The molecule has 0 bridgehead atoms. The lowest BCUT2D eigenvalue weighted by Gasteiger charge is -1.99. The van der Waals surface area contributed by atoms with E-state index in [1.165, 1.54) is 11.3 Å². The van der Waals surface area contributed by atoms with Gasteiger partial charge in [0, 0.05) is 5.88 Å². The molecule has 0 atom stereocenters. The zero-order chi connectivity index (χ0) is 8.97. The molecule has 12 heavy (non-hydrogen) atoms. The van der Waals surface area contributed by atoms with E-state index in [1.54, 1.807) is 6.92 Å². The number of carbonyl (C=O) groups excluding carboxylic acids is 1. The van der Waals surface area contributed by atoms with Crippen LogP contribution in [0, 0.1) is 0 Å². The van der Waals surface area contributed by atoms with Gasteiger partial charge in [0.15, 0.2) is 0 Å². The Morgan fingerprint density at radius 3 is 3.08 bits per heavy atom. The fourth-order valence-corrected chi connectivity index (χ4v) is 1.93. The predicted octanol–water partition coefficient (Wildman–Crippen LogP) is 2.66. The van der Waals surface area contributed by atoms with Gasteiger partial charge in [-0.3, -0.25) is 0 Å². The third-order valence-corrected chi connectivity index (χ3v) is 2.58. The summed E-state index contributed by atoms with van der Waals surface area (Å²) in [6.07, 6.45) is 0. The zero-order valence-corrected chi connectivity index (χ0v) is 8.24. The van der Waals surface area contributed by atoms with Gasteiger partial charge in [0.2, 0.25) is 0 Å². The van der Waals surface area contributed by atoms with Crippen LogP contribution in [0.1, 0.15) is 22.2 Å². The van der Waals surface area contributed by atoms with Crippen molar-refractivity contribution in [1.29, 1.82) is 0 Å². The molecule has 0 aliphatic heterocycles. The van der Waals surface area contributed by atoms with Crippen molar-refractivity contribution in [2.75, 3.05) is 6.61 Å². The first-order valence-electron chi connectivity index (χ1n) is 3.59. The number of carbonyl (C=O) groups is 1. The molecule has 0 saturated heterocycles. The molecule has 0 amide bonds. The Morgan fingerprint density at radius 2 is 2.50 bits per heavy atom. The first-order valence-corrected chi connectivity index (χ1v) is 5.00. The predicted molar refractivity (Wildman–Crippen MR) is 49.8 cm³/mol. The summed E-state index contributed by atoms with van der Waals surface area (Å²) in [5.41, 5.74) is 0.847. The normalized spacial score (nSPS) is 9.83. The fraction of sp³-hybridized carbons (Fsp3) is 0.375. The van der Waals surface area contributed by atoms with Crippen molar-refractivity contribution in [3.63, 3.8) is 0 Å². The molecule has 1 heterocycles. The molecular weight excluding hydrogens is 196 g/mol. The number of hydrogen-bond donors (Lipinski definition) is 0. The average Bonchev–Trinajstić information content (AvgIpc) is 2.51. The van der Waals surface area contributed by atoms with Crippen LogP contribution in [-0.2, 0) is 10.6 Å². The Kier molecular flexibility index (Phi) is 3.56. The van der Waals surface area contributed by atoms with E-state index in [0.717, 1.165) is 5.56 Å². The van der Waals surface area contributed by atoms with Crippen LogP contribution in [0.3, 0.4) is 0 Å². The lowest BCUT2D eigenvalue weighted by molar-refractivity contribution is 0.0531. The summed E-state index contributed by atoms with van der Waals surface area (Å²) >= 11 is 6.98. The number of ether oxygens (including phenoxy) is 1. The maximum absolute atomic E-state index is 11.2. The van der Waals surface area contributed by atoms with E-state index in [9.17, 15) is 4.79 Å². The molecular formula is C8H9ClO2S. The molecule has 2 nitrogen and oxygen atoms in total. The summed E-state index contributed by atoms with van der Waals surface area (Å²) in [6.45, 7) is 2.18. The highest BCUT2D eigenvalue weighted by Crippen LogP contribution is 2.19. The van der Waals surface area contributed by atoms with Gasteiger partial charge in [-0.25, -0.2) is 4.79 Å². The van der Waals surface area contributed by atoms with Crippen LogP contribution in [0.5, 0.6) is 0 Å². The second-order valence-corrected chi connectivity index (χ2v) is 3.31. The lowest BCUT2D eigenvalue weighted by Crippen LogP contribution is -2.04. The number of hydrogen-bond acceptors (Lipinski definition) is 3. The van der Waals surface area contributed by atoms with Gasteiger partial charge in [-0.2, -0.15) is 0 Å². The molecule has 0 saturated carbocycles. The number of thiophene rings is 1. The standard InChI is InChI=1S/C8H9ClO2S/c1-2-11-8(10)7-6(5-9)3-4-12-7/h3-4H,2,5H2,1H3. The molecule has 66 valence electrons. The SMILES string of the molecule is CCOC(=O)c1sccc1CCl. The van der Waals surface area contributed by atoms with Gasteiger partial charge in [-0.05, 0) is 23.9 Å². The molecule has 0 aliphatic rings. The van der Waals surface area contributed by atoms with Crippen molar-refractivity contribution in [2.24, 2.45) is 0 Å². The Morgan fingerprint density at radius 1 is 1.75 bits per heavy atom. The van der Waals surface area contributed by atoms with Gasteiger partial charge < -0.3 is 4.74 Å². The second kappa shape index (κ2) is 4.48. The molecule has 1 aromatic heterocycles. The summed E-state index contributed by atoms with van der Waals surface area (Å²) in [4.78, 5) is 11.8. The summed E-state index contributed by atoms with van der Waals surface area (Å²) < 4.78 is 4.84. The van der Waals surface area contributed by atoms with E-state index in [1.807, 2.05) is 11.4 Å². The molecule has 4 heteroatoms. The number of rotatable bonds is 3. The van der Waals surface area contributed by atoms with Crippen LogP contribution in [0.15, 0.2) is 11.4 Å². The van der Waals surface area contributed by atoms with E-state index in [-0.39, 0.29) is 5.97 Å². The zero-order valence-electron chi connectivity index (χ0n) is 6.67. The summed E-state index contributed by atoms with van der Waals surface area (Å²) in [7, 11) is 0. The highest BCUT2D eigenvalue weighted by Gasteiger charge is 2.12. The third-order valence-electron chi connectivity index (χ3n) is 1.35. The van der Waals surface area contributed by atoms with Crippen LogP contribution < -0.4 is 0 Å². The van der Waals surface area contributed by atoms with Crippen LogP contribution in [0.2, 0.25) is 0 Å². The summed E-state index contributed by atoms with van der Waals surface area (Å²) in [5.74, 6) is 0.0839. The van der Waals surface area contributed by atoms with Crippen molar-refractivity contribution < 1.29 is 9.53 Å². The first-order chi connectivity index (χ1) is 5.79. The molecule has 1 aromatic rings. The third kappa shape index (κ3) is 1.99. The topological polar surface area (TPSA) is 26.3 Å². The fourth-order valence-electron chi connectivity index (χ4n) is 0.817. The van der Waals surface area contributed by atoms with Crippen LogP contribution in [-0.4, -0.2) is 12.6 Å². The maximum Gasteiger partial charge on any atom is 0.348 e. The summed E-state index contributed by atoms with van der Waals surface area (Å²) in [5, 5.41) is 1.84. The van der Waals surface area contributed by atoms with Crippen molar-refractivity contribution in [1.82, 2.24) is 0 Å². The van der Waals surface area contributed by atoms with Crippen LogP contribution in [0.4, 0.5) is 0 Å². The van der Waals surface area contributed by atoms with Crippen molar-refractivity contribution >= 4 is 28.9 Å². The molecule has 0 unspecified atom stereocenters. The van der Waals surface area contributed by atoms with Gasteiger partial charge in [0.25, 0.3) is 0 Å². The largest absolute Gasteiger partial charge is 0.462 e. The average molecular weight is 205 g/mol. The minimum absolute atomic E-state index is 0.275. The Hall–Kier alpha value is -0.540. The van der Waals surface area contributed by atoms with E-state index in [0.29, 0.717) is 17.4 Å². The van der Waals surface area contributed by atoms with Gasteiger partial charge >= 0.3 is 5.97 Å². The lowest BCUT2D eigenvalue weighted by atomic mass is 10.3. The molecule has 0 fully saturated rings. The van der Waals surface area contributed by atoms with Gasteiger partial charge in [-0.15, -0.1) is 22.9 Å². The van der Waals surface area contributed by atoms with E-state index in [2.05, 4.69) is 0 Å². The highest BCUT2D eigenvalue weighted by molar-refractivity contribution is 7.12.